The summed E-state index contributed by atoms with van der Waals surface area (Å²) in [4.78, 5) is 16.2. The molecule has 1 aromatic rings. The van der Waals surface area contributed by atoms with Crippen LogP contribution in [0, 0.1) is 5.41 Å². The minimum Gasteiger partial charge on any atom is -0.316 e. The normalized spacial score (nSPS) is 24.4. The van der Waals surface area contributed by atoms with Crippen LogP contribution >= 0.6 is 15.9 Å². The molecule has 1 unspecified atom stereocenters. The SMILES string of the molecule is CC1(C(=O)Nc2ncccc2Br)CCNC1. The Morgan fingerprint density at radius 3 is 3.12 bits per heavy atom. The first-order chi connectivity index (χ1) is 7.62. The highest BCUT2D eigenvalue weighted by molar-refractivity contribution is 9.10. The van der Waals surface area contributed by atoms with Gasteiger partial charge in [-0.25, -0.2) is 4.98 Å². The number of pyridine rings is 1. The van der Waals surface area contributed by atoms with E-state index in [1.54, 1.807) is 6.20 Å². The third-order valence-electron chi connectivity index (χ3n) is 2.91. The minimum absolute atomic E-state index is 0.0249. The lowest BCUT2D eigenvalue weighted by molar-refractivity contribution is -0.123. The van der Waals surface area contributed by atoms with Crippen molar-refractivity contribution in [2.75, 3.05) is 18.4 Å². The molecule has 0 aromatic carbocycles. The number of rotatable bonds is 2. The fourth-order valence-corrected chi connectivity index (χ4v) is 2.10. The highest BCUT2D eigenvalue weighted by atomic mass is 79.9. The molecule has 16 heavy (non-hydrogen) atoms. The second-order valence-electron chi connectivity index (χ2n) is 4.28. The van der Waals surface area contributed by atoms with E-state index in [2.05, 4.69) is 31.5 Å². The molecule has 2 N–H and O–H groups in total. The van der Waals surface area contributed by atoms with Crippen LogP contribution in [0.3, 0.4) is 0 Å². The number of nitrogens with zero attached hydrogens (tertiary/aromatic N) is 1. The standard InChI is InChI=1S/C11H14BrN3O/c1-11(4-6-13-7-11)10(16)15-9-8(12)3-2-5-14-9/h2-3,5,13H,4,6-7H2,1H3,(H,14,15,16). The van der Waals surface area contributed by atoms with Crippen molar-refractivity contribution >= 4 is 27.7 Å². The maximum absolute atomic E-state index is 12.1. The molecule has 1 atom stereocenters. The molecule has 1 aromatic heterocycles. The molecule has 1 amide bonds. The molecule has 0 saturated carbocycles. The Balaban J connectivity index is 2.10. The van der Waals surface area contributed by atoms with Crippen LogP contribution in [-0.4, -0.2) is 24.0 Å². The summed E-state index contributed by atoms with van der Waals surface area (Å²) in [5.41, 5.74) is -0.322. The number of hydrogen-bond acceptors (Lipinski definition) is 3. The van der Waals surface area contributed by atoms with Crippen LogP contribution in [-0.2, 0) is 4.79 Å². The number of halogens is 1. The van der Waals surface area contributed by atoms with Gasteiger partial charge in [0.25, 0.3) is 0 Å². The first-order valence-corrected chi connectivity index (χ1v) is 6.04. The molecule has 2 heterocycles. The number of carbonyl (C=O) groups is 1. The molecule has 0 radical (unpaired) electrons. The maximum atomic E-state index is 12.1. The Labute approximate surface area is 103 Å². The number of anilines is 1. The Morgan fingerprint density at radius 1 is 1.69 bits per heavy atom. The monoisotopic (exact) mass is 283 g/mol. The van der Waals surface area contributed by atoms with E-state index in [0.29, 0.717) is 5.82 Å². The minimum atomic E-state index is -0.322. The first-order valence-electron chi connectivity index (χ1n) is 5.24. The molecule has 4 nitrogen and oxygen atoms in total. The summed E-state index contributed by atoms with van der Waals surface area (Å²) in [5, 5.41) is 6.06. The van der Waals surface area contributed by atoms with Gasteiger partial charge in [-0.3, -0.25) is 4.79 Å². The van der Waals surface area contributed by atoms with Gasteiger partial charge >= 0.3 is 0 Å². The molecular weight excluding hydrogens is 270 g/mol. The summed E-state index contributed by atoms with van der Waals surface area (Å²) in [7, 11) is 0. The predicted molar refractivity (Wildman–Crippen MR) is 66.2 cm³/mol. The smallest absolute Gasteiger partial charge is 0.232 e. The van der Waals surface area contributed by atoms with Gasteiger partial charge in [0.2, 0.25) is 5.91 Å². The second-order valence-corrected chi connectivity index (χ2v) is 5.13. The van der Waals surface area contributed by atoms with Crippen LogP contribution in [0.4, 0.5) is 5.82 Å². The van der Waals surface area contributed by atoms with Crippen molar-refractivity contribution in [1.29, 1.82) is 0 Å². The predicted octanol–water partition coefficient (Wildman–Crippen LogP) is 1.78. The number of hydrogen-bond donors (Lipinski definition) is 2. The van der Waals surface area contributed by atoms with E-state index < -0.39 is 0 Å². The van der Waals surface area contributed by atoms with Gasteiger partial charge in [-0.15, -0.1) is 0 Å². The van der Waals surface area contributed by atoms with Crippen molar-refractivity contribution in [2.45, 2.75) is 13.3 Å². The van der Waals surface area contributed by atoms with Gasteiger partial charge in [0.15, 0.2) is 0 Å². The quantitative estimate of drug-likeness (QED) is 0.870. The van der Waals surface area contributed by atoms with Crippen LogP contribution < -0.4 is 10.6 Å². The van der Waals surface area contributed by atoms with Crippen LogP contribution in [0.2, 0.25) is 0 Å². The summed E-state index contributed by atoms with van der Waals surface area (Å²) >= 11 is 3.36. The highest BCUT2D eigenvalue weighted by Gasteiger charge is 2.36. The molecular formula is C11H14BrN3O. The molecule has 0 bridgehead atoms. The fraction of sp³-hybridized carbons (Fsp3) is 0.455. The van der Waals surface area contributed by atoms with Crippen molar-refractivity contribution in [3.63, 3.8) is 0 Å². The zero-order valence-electron chi connectivity index (χ0n) is 9.09. The summed E-state index contributed by atoms with van der Waals surface area (Å²) in [6, 6.07) is 3.68. The number of nitrogens with one attached hydrogen (secondary N) is 2. The number of aromatic nitrogens is 1. The van der Waals surface area contributed by atoms with Crippen molar-refractivity contribution in [1.82, 2.24) is 10.3 Å². The third kappa shape index (κ3) is 2.25. The molecule has 0 aliphatic carbocycles. The zero-order valence-corrected chi connectivity index (χ0v) is 10.7. The first kappa shape index (κ1) is 11.5. The Bertz CT molecular complexity index is 402. The molecule has 1 saturated heterocycles. The number of amides is 1. The van der Waals surface area contributed by atoms with E-state index in [1.165, 1.54) is 0 Å². The van der Waals surface area contributed by atoms with Crippen molar-refractivity contribution in [2.24, 2.45) is 5.41 Å². The lowest BCUT2D eigenvalue weighted by Crippen LogP contribution is -2.35. The van der Waals surface area contributed by atoms with Crippen LogP contribution in [0.1, 0.15) is 13.3 Å². The lowest BCUT2D eigenvalue weighted by atomic mass is 9.89. The van der Waals surface area contributed by atoms with Crippen molar-refractivity contribution < 1.29 is 4.79 Å². The summed E-state index contributed by atoms with van der Waals surface area (Å²) in [6.45, 7) is 3.59. The molecule has 0 spiro atoms. The van der Waals surface area contributed by atoms with E-state index in [9.17, 15) is 4.79 Å². The van der Waals surface area contributed by atoms with E-state index in [4.69, 9.17) is 0 Å². The lowest BCUT2D eigenvalue weighted by Gasteiger charge is -2.21. The average molecular weight is 284 g/mol. The third-order valence-corrected chi connectivity index (χ3v) is 3.55. The maximum Gasteiger partial charge on any atom is 0.232 e. The van der Waals surface area contributed by atoms with E-state index in [0.717, 1.165) is 24.0 Å². The van der Waals surface area contributed by atoms with Crippen molar-refractivity contribution in [3.05, 3.63) is 22.8 Å². The van der Waals surface area contributed by atoms with Gasteiger partial charge in [0.05, 0.1) is 9.89 Å². The van der Waals surface area contributed by atoms with Crippen LogP contribution in [0.15, 0.2) is 22.8 Å². The average Bonchev–Trinajstić information content (AvgIpc) is 2.70. The number of carbonyl (C=O) groups excluding carboxylic acids is 1. The molecule has 86 valence electrons. The van der Waals surface area contributed by atoms with Gasteiger partial charge in [0, 0.05) is 12.7 Å². The summed E-state index contributed by atoms with van der Waals surface area (Å²) in [5.74, 6) is 0.609. The van der Waals surface area contributed by atoms with Gasteiger partial charge in [-0.2, -0.15) is 0 Å². The van der Waals surface area contributed by atoms with Gasteiger partial charge in [0.1, 0.15) is 5.82 Å². The summed E-state index contributed by atoms with van der Waals surface area (Å²) in [6.07, 6.45) is 2.53. The highest BCUT2D eigenvalue weighted by Crippen LogP contribution is 2.27. The Morgan fingerprint density at radius 2 is 2.50 bits per heavy atom. The van der Waals surface area contributed by atoms with E-state index in [-0.39, 0.29) is 11.3 Å². The molecule has 1 aliphatic heterocycles. The van der Waals surface area contributed by atoms with Crippen LogP contribution in [0.5, 0.6) is 0 Å². The van der Waals surface area contributed by atoms with E-state index in [1.807, 2.05) is 19.1 Å². The zero-order chi connectivity index (χ0) is 11.6. The van der Waals surface area contributed by atoms with Gasteiger partial charge in [-0.1, -0.05) is 0 Å². The van der Waals surface area contributed by atoms with E-state index >= 15 is 0 Å². The van der Waals surface area contributed by atoms with Gasteiger partial charge < -0.3 is 10.6 Å². The Hall–Kier alpha value is -0.940. The Kier molecular flexibility index (Phi) is 3.25. The molecule has 1 fully saturated rings. The molecule has 5 heteroatoms. The van der Waals surface area contributed by atoms with Gasteiger partial charge in [-0.05, 0) is 48.0 Å². The molecule has 2 rings (SSSR count). The fourth-order valence-electron chi connectivity index (χ4n) is 1.75. The molecule has 1 aliphatic rings. The van der Waals surface area contributed by atoms with Crippen LogP contribution in [0.25, 0.3) is 0 Å². The summed E-state index contributed by atoms with van der Waals surface area (Å²) < 4.78 is 0.804. The van der Waals surface area contributed by atoms with Crippen molar-refractivity contribution in [3.8, 4) is 0 Å². The topological polar surface area (TPSA) is 54.0 Å². The largest absolute Gasteiger partial charge is 0.316 e. The second kappa shape index (κ2) is 4.51.